The van der Waals surface area contributed by atoms with Gasteiger partial charge in [0.1, 0.15) is 24.4 Å². The van der Waals surface area contributed by atoms with Gasteiger partial charge in [-0.1, -0.05) is 172 Å². The fourth-order valence-corrected chi connectivity index (χ4v) is 11.4. The molecule has 7 heteroatoms. The van der Waals surface area contributed by atoms with Gasteiger partial charge in [0.2, 0.25) is 0 Å². The monoisotopic (exact) mass is 688 g/mol. The smallest absolute Gasteiger partial charge is 0.261 e. The van der Waals surface area contributed by atoms with E-state index in [-0.39, 0.29) is 18.3 Å². The Morgan fingerprint density at radius 2 is 0.880 bits per heavy atom. The Balaban J connectivity index is 1.36. The molecule has 1 saturated heterocycles. The van der Waals surface area contributed by atoms with E-state index in [0.29, 0.717) is 13.2 Å². The molecule has 1 N–H and O–H groups in total. The summed E-state index contributed by atoms with van der Waals surface area (Å²) in [6, 6.07) is 51.0. The van der Waals surface area contributed by atoms with Crippen molar-refractivity contribution in [2.24, 2.45) is 0 Å². The fourth-order valence-electron chi connectivity index (χ4n) is 6.87. The van der Waals surface area contributed by atoms with Crippen LogP contribution in [0.3, 0.4) is 0 Å². The van der Waals surface area contributed by atoms with E-state index in [1.54, 1.807) is 0 Å². The van der Waals surface area contributed by atoms with Gasteiger partial charge in [0.15, 0.2) is 6.29 Å². The Hall–Kier alpha value is -3.92. The molecule has 1 aliphatic rings. The van der Waals surface area contributed by atoms with Crippen LogP contribution in [0.25, 0.3) is 0 Å². The van der Waals surface area contributed by atoms with Gasteiger partial charge in [-0.25, -0.2) is 0 Å². The molecular formula is C43H48O6Si. The van der Waals surface area contributed by atoms with Gasteiger partial charge in [0.25, 0.3) is 8.32 Å². The van der Waals surface area contributed by atoms with E-state index in [4.69, 9.17) is 23.4 Å². The van der Waals surface area contributed by atoms with Crippen molar-refractivity contribution in [1.29, 1.82) is 0 Å². The summed E-state index contributed by atoms with van der Waals surface area (Å²) in [5, 5.41) is 13.8. The highest BCUT2D eigenvalue weighted by atomic mass is 28.4. The molecule has 0 radical (unpaired) electrons. The molecule has 0 unspecified atom stereocenters. The molecule has 0 amide bonds. The lowest BCUT2D eigenvalue weighted by Crippen LogP contribution is -2.68. The maximum absolute atomic E-state index is 11.7. The molecule has 50 heavy (non-hydrogen) atoms. The van der Waals surface area contributed by atoms with Crippen molar-refractivity contribution in [3.8, 4) is 0 Å². The van der Waals surface area contributed by atoms with Crippen molar-refractivity contribution in [3.05, 3.63) is 168 Å². The Bertz CT molecular complexity index is 1660. The van der Waals surface area contributed by atoms with Gasteiger partial charge in [0, 0.05) is 0 Å². The fraction of sp³-hybridized carbons (Fsp3) is 0.302. The Morgan fingerprint density at radius 1 is 0.520 bits per heavy atom. The van der Waals surface area contributed by atoms with E-state index in [0.717, 1.165) is 27.1 Å². The normalized spacial score (nSPS) is 21.2. The third kappa shape index (κ3) is 8.50. The molecule has 5 aromatic carbocycles. The van der Waals surface area contributed by atoms with E-state index in [9.17, 15) is 5.11 Å². The zero-order valence-corrected chi connectivity index (χ0v) is 30.1. The van der Waals surface area contributed by atoms with Crippen molar-refractivity contribution in [3.63, 3.8) is 0 Å². The second kappa shape index (κ2) is 16.9. The molecule has 6 rings (SSSR count). The van der Waals surface area contributed by atoms with Gasteiger partial charge in [0.05, 0.1) is 26.4 Å². The van der Waals surface area contributed by atoms with E-state index in [1.165, 1.54) is 0 Å². The number of aliphatic hydroxyl groups is 1. The van der Waals surface area contributed by atoms with Crippen LogP contribution >= 0.6 is 0 Å². The van der Waals surface area contributed by atoms with Crippen LogP contribution in [0.1, 0.15) is 37.5 Å². The Kier molecular flexibility index (Phi) is 12.1. The van der Waals surface area contributed by atoms with E-state index >= 15 is 0 Å². The minimum atomic E-state index is -2.93. The van der Waals surface area contributed by atoms with Crippen LogP contribution in [-0.4, -0.2) is 50.7 Å². The standard InChI is InChI=1S/C43H48O6Si/c1-43(2,3)50(36-25-15-7-16-26-36,37-27-17-8-18-28-37)48-32-38-39(45-29-33-19-9-4-10-20-33)40(46-30-34-21-11-5-12-22-34)41(42(44)49-38)47-31-35-23-13-6-14-24-35/h4-28,38-42,44H,29-32H2,1-3H3/t38-,39-,40+,41-,42+/m1/s1. The summed E-state index contributed by atoms with van der Waals surface area (Å²) in [5.74, 6) is 0. The highest BCUT2D eigenvalue weighted by molar-refractivity contribution is 6.99. The molecule has 0 aliphatic carbocycles. The predicted molar refractivity (Wildman–Crippen MR) is 200 cm³/mol. The van der Waals surface area contributed by atoms with Gasteiger partial charge in [-0.15, -0.1) is 0 Å². The van der Waals surface area contributed by atoms with Crippen LogP contribution in [0.15, 0.2) is 152 Å². The second-order valence-electron chi connectivity index (χ2n) is 13.8. The lowest BCUT2D eigenvalue weighted by molar-refractivity contribution is -0.314. The highest BCUT2D eigenvalue weighted by Gasteiger charge is 2.53. The average Bonchev–Trinajstić information content (AvgIpc) is 3.15. The first-order chi connectivity index (χ1) is 24.3. The molecule has 0 aromatic heterocycles. The molecule has 1 heterocycles. The SMILES string of the molecule is CC(C)(C)[Si](OC[C@H]1O[C@H](O)[C@H](OCc2ccccc2)[C@@H](OCc2ccccc2)[C@@H]1OCc1ccccc1)(c1ccccc1)c1ccccc1. The molecule has 1 aliphatic heterocycles. The topological polar surface area (TPSA) is 66.4 Å². The van der Waals surface area contributed by atoms with E-state index in [2.05, 4.69) is 69.3 Å². The lowest BCUT2D eigenvalue weighted by Gasteiger charge is -2.47. The van der Waals surface area contributed by atoms with Crippen LogP contribution in [0.5, 0.6) is 0 Å². The maximum atomic E-state index is 11.7. The molecule has 260 valence electrons. The summed E-state index contributed by atoms with van der Waals surface area (Å²) in [6.45, 7) is 7.86. The number of ether oxygens (including phenoxy) is 4. The summed E-state index contributed by atoms with van der Waals surface area (Å²) in [7, 11) is -2.93. The van der Waals surface area contributed by atoms with Crippen LogP contribution in [0, 0.1) is 0 Å². The molecule has 5 aromatic rings. The first kappa shape index (κ1) is 35.9. The Labute approximate surface area is 297 Å². The summed E-state index contributed by atoms with van der Waals surface area (Å²) < 4.78 is 33.7. The predicted octanol–water partition coefficient (Wildman–Crippen LogP) is 7.04. The van der Waals surface area contributed by atoms with Crippen LogP contribution in [-0.2, 0) is 43.2 Å². The third-order valence-electron chi connectivity index (χ3n) is 9.35. The lowest BCUT2D eigenvalue weighted by atomic mass is 9.98. The second-order valence-corrected chi connectivity index (χ2v) is 18.1. The first-order valence-electron chi connectivity index (χ1n) is 17.4. The zero-order chi connectivity index (χ0) is 34.8. The summed E-state index contributed by atoms with van der Waals surface area (Å²) >= 11 is 0. The molecular weight excluding hydrogens is 641 g/mol. The van der Waals surface area contributed by atoms with Gasteiger partial charge in [-0.3, -0.25) is 0 Å². The number of aliphatic hydroxyl groups excluding tert-OH is 1. The van der Waals surface area contributed by atoms with Crippen molar-refractivity contribution in [1.82, 2.24) is 0 Å². The van der Waals surface area contributed by atoms with E-state index < -0.39 is 39.0 Å². The number of rotatable bonds is 14. The summed E-state index contributed by atoms with van der Waals surface area (Å²) in [6.07, 6.45) is -4.04. The van der Waals surface area contributed by atoms with Crippen molar-refractivity contribution >= 4 is 18.7 Å². The molecule has 0 saturated carbocycles. The minimum Gasteiger partial charge on any atom is -0.405 e. The molecule has 1 fully saturated rings. The summed E-state index contributed by atoms with van der Waals surface area (Å²) in [4.78, 5) is 0. The average molecular weight is 689 g/mol. The van der Waals surface area contributed by atoms with Crippen molar-refractivity contribution in [2.45, 2.75) is 76.3 Å². The molecule has 0 bridgehead atoms. The first-order valence-corrected chi connectivity index (χ1v) is 19.3. The number of hydrogen-bond acceptors (Lipinski definition) is 6. The minimum absolute atomic E-state index is 0.181. The number of benzene rings is 5. The molecule has 6 nitrogen and oxygen atoms in total. The molecule has 0 spiro atoms. The van der Waals surface area contributed by atoms with Crippen LogP contribution in [0.4, 0.5) is 0 Å². The largest absolute Gasteiger partial charge is 0.405 e. The highest BCUT2D eigenvalue weighted by Crippen LogP contribution is 2.38. The van der Waals surface area contributed by atoms with Crippen molar-refractivity contribution < 1.29 is 28.5 Å². The van der Waals surface area contributed by atoms with Crippen molar-refractivity contribution in [2.75, 3.05) is 6.61 Å². The van der Waals surface area contributed by atoms with Gasteiger partial charge in [-0.2, -0.15) is 0 Å². The van der Waals surface area contributed by atoms with Crippen LogP contribution in [0.2, 0.25) is 5.04 Å². The van der Waals surface area contributed by atoms with Gasteiger partial charge in [-0.05, 0) is 32.1 Å². The quantitative estimate of drug-likeness (QED) is 0.126. The Morgan fingerprint density at radius 3 is 1.28 bits per heavy atom. The molecule has 5 atom stereocenters. The van der Waals surface area contributed by atoms with E-state index in [1.807, 2.05) is 103 Å². The summed E-state index contributed by atoms with van der Waals surface area (Å²) in [5.41, 5.74) is 3.02. The zero-order valence-electron chi connectivity index (χ0n) is 29.1. The third-order valence-corrected chi connectivity index (χ3v) is 14.4. The number of hydrogen-bond donors (Lipinski definition) is 1. The maximum Gasteiger partial charge on any atom is 0.261 e. The van der Waals surface area contributed by atoms with Gasteiger partial charge >= 0.3 is 0 Å². The van der Waals surface area contributed by atoms with Crippen LogP contribution < -0.4 is 10.4 Å². The van der Waals surface area contributed by atoms with Gasteiger partial charge < -0.3 is 28.5 Å².